The van der Waals surface area contributed by atoms with Gasteiger partial charge in [0.2, 0.25) is 0 Å². The van der Waals surface area contributed by atoms with Crippen LogP contribution in [0.15, 0.2) is 30.3 Å². The zero-order valence-electron chi connectivity index (χ0n) is 27.1. The van der Waals surface area contributed by atoms with E-state index >= 15 is 0 Å². The predicted octanol–water partition coefficient (Wildman–Crippen LogP) is 10.5. The van der Waals surface area contributed by atoms with Gasteiger partial charge in [-0.2, -0.15) is 0 Å². The minimum atomic E-state index is -0.204. The quantitative estimate of drug-likeness (QED) is 0.137. The molecule has 42 heavy (non-hydrogen) atoms. The Morgan fingerprint density at radius 1 is 0.952 bits per heavy atom. The van der Waals surface area contributed by atoms with Crippen LogP contribution in [0, 0.1) is 52.3 Å². The second-order valence-electron chi connectivity index (χ2n) is 15.5. The molecule has 3 nitrogen and oxygen atoms in total. The normalized spacial score (nSPS) is 36.7. The van der Waals surface area contributed by atoms with E-state index in [-0.39, 0.29) is 12.1 Å². The van der Waals surface area contributed by atoms with Crippen molar-refractivity contribution in [1.29, 1.82) is 0 Å². The van der Waals surface area contributed by atoms with E-state index in [1.54, 1.807) is 6.08 Å². The molecule has 2 unspecified atom stereocenters. The van der Waals surface area contributed by atoms with E-state index in [9.17, 15) is 4.79 Å². The van der Waals surface area contributed by atoms with Crippen LogP contribution in [-0.4, -0.2) is 24.0 Å². The molecule has 4 fully saturated rings. The Bertz CT molecular complexity index is 1060. The Hall–Kier alpha value is -1.29. The molecule has 0 bridgehead atoms. The summed E-state index contributed by atoms with van der Waals surface area (Å²) < 4.78 is 11.7. The number of carbonyl (C=O) groups is 1. The number of rotatable bonds is 11. The molecule has 0 spiro atoms. The van der Waals surface area contributed by atoms with E-state index in [0.29, 0.717) is 23.4 Å². The molecule has 4 saturated carbocycles. The molecule has 1 aromatic rings. The Labute approximate surface area is 265 Å². The van der Waals surface area contributed by atoms with Crippen molar-refractivity contribution in [1.82, 2.24) is 0 Å². The van der Waals surface area contributed by atoms with Crippen LogP contribution in [0.4, 0.5) is 0 Å². The van der Waals surface area contributed by atoms with Gasteiger partial charge in [0.05, 0.1) is 6.61 Å². The zero-order chi connectivity index (χ0) is 29.9. The first-order valence-corrected chi connectivity index (χ1v) is 18.4. The van der Waals surface area contributed by atoms with E-state index in [2.05, 4.69) is 50.5 Å². The summed E-state index contributed by atoms with van der Waals surface area (Å²) in [5.74, 6) is 6.67. The molecular weight excluding hydrogens is 584 g/mol. The standard InChI is InChI=1S/C38H57BrO3/c1-26(2)7-6-8-27(3)33-16-17-34-32-15-12-29-25-31(19-21-37(29,4)35(32)20-22-38(33,34)5)42-36(40)18-11-28-9-13-30(14-10-28)41-24-23-39/h9-11,13-14,18,26-27,29,31-35H,6-8,12,15-17,19-25H2,1-5H3/t27-,29?,31?,32+,33-,34+,35+,37+,38-/m1/s1. The maximum atomic E-state index is 12.8. The molecule has 0 amide bonds. The molecule has 234 valence electrons. The van der Waals surface area contributed by atoms with Gasteiger partial charge < -0.3 is 9.47 Å². The maximum Gasteiger partial charge on any atom is 0.331 e. The fourth-order valence-electron chi connectivity index (χ4n) is 10.5. The first kappa shape index (κ1) is 32.1. The van der Waals surface area contributed by atoms with Crippen molar-refractivity contribution in [3.05, 3.63) is 35.9 Å². The highest BCUT2D eigenvalue weighted by Crippen LogP contribution is 2.68. The predicted molar refractivity (Wildman–Crippen MR) is 178 cm³/mol. The number of ether oxygens (including phenoxy) is 2. The summed E-state index contributed by atoms with van der Waals surface area (Å²) in [5.41, 5.74) is 1.96. The molecule has 4 heteroatoms. The largest absolute Gasteiger partial charge is 0.493 e. The van der Waals surface area contributed by atoms with Crippen molar-refractivity contribution in [2.45, 2.75) is 118 Å². The average molecular weight is 642 g/mol. The Morgan fingerprint density at radius 3 is 2.43 bits per heavy atom. The number of esters is 1. The van der Waals surface area contributed by atoms with Crippen LogP contribution in [0.2, 0.25) is 0 Å². The van der Waals surface area contributed by atoms with Crippen molar-refractivity contribution in [2.24, 2.45) is 52.3 Å². The van der Waals surface area contributed by atoms with E-state index in [1.165, 1.54) is 64.2 Å². The van der Waals surface area contributed by atoms with Gasteiger partial charge in [0.1, 0.15) is 11.9 Å². The molecule has 1 aromatic carbocycles. The topological polar surface area (TPSA) is 35.5 Å². The summed E-state index contributed by atoms with van der Waals surface area (Å²) in [6, 6.07) is 7.85. The Balaban J connectivity index is 1.14. The van der Waals surface area contributed by atoms with Crippen LogP contribution in [0.25, 0.3) is 6.08 Å². The molecule has 4 aliphatic carbocycles. The Kier molecular flexibility index (Phi) is 10.5. The lowest BCUT2D eigenvalue weighted by Gasteiger charge is -2.61. The van der Waals surface area contributed by atoms with Crippen molar-refractivity contribution in [3.63, 3.8) is 0 Å². The summed E-state index contributed by atoms with van der Waals surface area (Å²) in [6.07, 6.45) is 19.5. The fraction of sp³-hybridized carbons (Fsp3) is 0.763. The second-order valence-corrected chi connectivity index (χ2v) is 16.3. The third-order valence-electron chi connectivity index (χ3n) is 12.7. The van der Waals surface area contributed by atoms with E-state index in [4.69, 9.17) is 9.47 Å². The van der Waals surface area contributed by atoms with Crippen LogP contribution < -0.4 is 4.74 Å². The monoisotopic (exact) mass is 640 g/mol. The molecule has 5 rings (SSSR count). The van der Waals surface area contributed by atoms with Crippen LogP contribution in [0.5, 0.6) is 5.75 Å². The molecule has 0 aromatic heterocycles. The van der Waals surface area contributed by atoms with Gasteiger partial charge in [0, 0.05) is 11.4 Å². The van der Waals surface area contributed by atoms with Gasteiger partial charge in [-0.25, -0.2) is 4.79 Å². The molecule has 0 heterocycles. The van der Waals surface area contributed by atoms with Crippen LogP contribution in [0.1, 0.15) is 117 Å². The number of carbonyl (C=O) groups excluding carboxylic acids is 1. The minimum absolute atomic E-state index is 0.0632. The molecule has 9 atom stereocenters. The lowest BCUT2D eigenvalue weighted by molar-refractivity contribution is -0.157. The number of alkyl halides is 1. The van der Waals surface area contributed by atoms with Crippen molar-refractivity contribution in [2.75, 3.05) is 11.9 Å². The van der Waals surface area contributed by atoms with Crippen LogP contribution >= 0.6 is 15.9 Å². The summed E-state index contributed by atoms with van der Waals surface area (Å²) in [4.78, 5) is 12.8. The molecule has 0 N–H and O–H groups in total. The highest BCUT2D eigenvalue weighted by molar-refractivity contribution is 9.09. The van der Waals surface area contributed by atoms with Crippen molar-refractivity contribution >= 4 is 28.0 Å². The number of benzene rings is 1. The number of halogens is 1. The second kappa shape index (κ2) is 13.8. The van der Waals surface area contributed by atoms with Gasteiger partial charge in [-0.3, -0.25) is 0 Å². The van der Waals surface area contributed by atoms with Gasteiger partial charge >= 0.3 is 5.97 Å². The Morgan fingerprint density at radius 2 is 1.69 bits per heavy atom. The highest BCUT2D eigenvalue weighted by Gasteiger charge is 2.60. The fourth-order valence-corrected chi connectivity index (χ4v) is 10.7. The zero-order valence-corrected chi connectivity index (χ0v) is 28.7. The third kappa shape index (κ3) is 6.84. The molecule has 0 aliphatic heterocycles. The van der Waals surface area contributed by atoms with E-state index in [0.717, 1.165) is 65.0 Å². The first-order valence-electron chi connectivity index (χ1n) is 17.3. The van der Waals surface area contributed by atoms with Gasteiger partial charge in [0.15, 0.2) is 0 Å². The lowest BCUT2D eigenvalue weighted by Crippen LogP contribution is -2.54. The van der Waals surface area contributed by atoms with E-state index in [1.807, 2.05) is 30.3 Å². The highest BCUT2D eigenvalue weighted by atomic mass is 79.9. The average Bonchev–Trinajstić information content (AvgIpc) is 3.33. The molecule has 0 radical (unpaired) electrons. The summed E-state index contributed by atoms with van der Waals surface area (Å²) in [6.45, 7) is 13.3. The molecule has 4 aliphatic rings. The first-order chi connectivity index (χ1) is 20.1. The SMILES string of the molecule is CC(C)CCC[C@@H](C)[C@H]1CC[C@H]2[C@@H]3CCC4CC(OC(=O)C=Cc5ccc(OCCBr)cc5)CC[C@]4(C)[C@H]3CC[C@]12C. The number of hydrogen-bond donors (Lipinski definition) is 0. The van der Waals surface area contributed by atoms with Gasteiger partial charge in [-0.15, -0.1) is 0 Å². The maximum absolute atomic E-state index is 12.8. The van der Waals surface area contributed by atoms with Crippen LogP contribution in [-0.2, 0) is 9.53 Å². The van der Waals surface area contributed by atoms with E-state index < -0.39 is 0 Å². The lowest BCUT2D eigenvalue weighted by atomic mass is 9.44. The summed E-state index contributed by atoms with van der Waals surface area (Å²) in [7, 11) is 0. The van der Waals surface area contributed by atoms with Crippen molar-refractivity contribution < 1.29 is 14.3 Å². The minimum Gasteiger partial charge on any atom is -0.493 e. The summed E-state index contributed by atoms with van der Waals surface area (Å²) >= 11 is 3.38. The molecule has 0 saturated heterocycles. The number of fused-ring (bicyclic) bond motifs is 5. The van der Waals surface area contributed by atoms with Gasteiger partial charge in [-0.1, -0.05) is 81.9 Å². The number of hydrogen-bond acceptors (Lipinski definition) is 3. The summed E-state index contributed by atoms with van der Waals surface area (Å²) in [5, 5.41) is 0.807. The van der Waals surface area contributed by atoms with Crippen molar-refractivity contribution in [3.8, 4) is 5.75 Å². The molecular formula is C38H57BrO3. The van der Waals surface area contributed by atoms with Gasteiger partial charge in [0.25, 0.3) is 0 Å². The van der Waals surface area contributed by atoms with Crippen LogP contribution in [0.3, 0.4) is 0 Å². The smallest absolute Gasteiger partial charge is 0.331 e. The van der Waals surface area contributed by atoms with Gasteiger partial charge in [-0.05, 0) is 134 Å². The third-order valence-corrected chi connectivity index (χ3v) is 13.1.